The fourth-order valence-corrected chi connectivity index (χ4v) is 2.92. The van der Waals surface area contributed by atoms with E-state index in [1.807, 2.05) is 0 Å². The van der Waals surface area contributed by atoms with E-state index in [0.717, 1.165) is 25.7 Å². The Morgan fingerprint density at radius 3 is 2.53 bits per heavy atom. The number of benzene rings is 1. The van der Waals surface area contributed by atoms with Crippen molar-refractivity contribution in [1.29, 1.82) is 0 Å². The number of nitrogens with one attached hydrogen (secondary N) is 1. The van der Waals surface area contributed by atoms with E-state index in [1.54, 1.807) is 0 Å². The lowest BCUT2D eigenvalue weighted by atomic mass is 10.0. The average Bonchev–Trinajstić information content (AvgIpc) is 2.98. The smallest absolute Gasteiger partial charge is 0.223 e. The molecule has 1 fully saturated rings. The van der Waals surface area contributed by atoms with Gasteiger partial charge < -0.3 is 5.32 Å². The van der Waals surface area contributed by atoms with E-state index < -0.39 is 0 Å². The fraction of sp³-hybridized carbons (Fsp3) is 0.588. The topological polar surface area (TPSA) is 29.1 Å². The number of rotatable bonds is 5. The van der Waals surface area contributed by atoms with E-state index in [0.29, 0.717) is 6.54 Å². The maximum absolute atomic E-state index is 12.1. The summed E-state index contributed by atoms with van der Waals surface area (Å²) >= 11 is 0. The Bertz CT molecular complexity index is 433. The molecule has 104 valence electrons. The lowest BCUT2D eigenvalue weighted by Gasteiger charge is -2.13. The number of hydrogen-bond donors (Lipinski definition) is 1. The molecule has 1 saturated carbocycles. The van der Waals surface area contributed by atoms with Crippen LogP contribution < -0.4 is 5.32 Å². The van der Waals surface area contributed by atoms with E-state index in [-0.39, 0.29) is 11.8 Å². The van der Waals surface area contributed by atoms with Gasteiger partial charge in [-0.3, -0.25) is 4.79 Å². The van der Waals surface area contributed by atoms with Gasteiger partial charge in [0.15, 0.2) is 0 Å². The van der Waals surface area contributed by atoms with E-state index >= 15 is 0 Å². The second-order valence-corrected chi connectivity index (χ2v) is 5.51. The predicted molar refractivity (Wildman–Crippen MR) is 79.0 cm³/mol. The lowest BCUT2D eigenvalue weighted by Crippen LogP contribution is -2.29. The first kappa shape index (κ1) is 14.1. The zero-order valence-corrected chi connectivity index (χ0v) is 12.2. The number of carbonyl (C=O) groups excluding carboxylic acids is 1. The van der Waals surface area contributed by atoms with Crippen LogP contribution in [0.25, 0.3) is 0 Å². The Labute approximate surface area is 116 Å². The fourth-order valence-electron chi connectivity index (χ4n) is 2.92. The van der Waals surface area contributed by atoms with Gasteiger partial charge in [0.25, 0.3) is 0 Å². The molecular formula is C17H25NO. The summed E-state index contributed by atoms with van der Waals surface area (Å²) in [5.74, 6) is 0.515. The molecule has 2 heteroatoms. The quantitative estimate of drug-likeness (QED) is 0.859. The molecule has 1 amide bonds. The standard InChI is InChI=1S/C17H25NO/c1-3-13-9-10-14(4-2)16(11-13)12-18-17(19)15-7-5-6-8-15/h9-11,15H,3-8,12H2,1-2H3,(H,18,19). The van der Waals surface area contributed by atoms with E-state index in [9.17, 15) is 4.79 Å². The Balaban J connectivity index is 1.99. The summed E-state index contributed by atoms with van der Waals surface area (Å²) in [7, 11) is 0. The van der Waals surface area contributed by atoms with Crippen LogP contribution in [0.4, 0.5) is 0 Å². The highest BCUT2D eigenvalue weighted by Gasteiger charge is 2.22. The van der Waals surface area contributed by atoms with Crippen molar-refractivity contribution in [2.45, 2.75) is 58.9 Å². The molecule has 0 saturated heterocycles. The zero-order valence-electron chi connectivity index (χ0n) is 12.2. The molecule has 0 unspecified atom stereocenters. The third-order valence-electron chi connectivity index (χ3n) is 4.24. The molecule has 1 aromatic rings. The molecule has 0 radical (unpaired) electrons. The normalized spacial score (nSPS) is 15.7. The first-order chi connectivity index (χ1) is 9.24. The van der Waals surface area contributed by atoms with Crippen molar-refractivity contribution >= 4 is 5.91 Å². The first-order valence-electron chi connectivity index (χ1n) is 7.63. The van der Waals surface area contributed by atoms with Gasteiger partial charge in [0.1, 0.15) is 0 Å². The van der Waals surface area contributed by atoms with E-state index in [1.165, 1.54) is 29.5 Å². The second kappa shape index (κ2) is 6.74. The third kappa shape index (κ3) is 3.59. The molecule has 0 aromatic heterocycles. The molecular weight excluding hydrogens is 234 g/mol. The molecule has 1 N–H and O–H groups in total. The van der Waals surface area contributed by atoms with Crippen molar-refractivity contribution < 1.29 is 4.79 Å². The van der Waals surface area contributed by atoms with Gasteiger partial charge in [-0.15, -0.1) is 0 Å². The SMILES string of the molecule is CCc1ccc(CC)c(CNC(=O)C2CCCC2)c1. The van der Waals surface area contributed by atoms with E-state index in [2.05, 4.69) is 37.4 Å². The van der Waals surface area contributed by atoms with Gasteiger partial charge in [-0.1, -0.05) is 44.9 Å². The maximum Gasteiger partial charge on any atom is 0.223 e. The van der Waals surface area contributed by atoms with Crippen molar-refractivity contribution in [2.24, 2.45) is 5.92 Å². The summed E-state index contributed by atoms with van der Waals surface area (Å²) < 4.78 is 0. The summed E-state index contributed by atoms with van der Waals surface area (Å²) in [6, 6.07) is 6.64. The highest BCUT2D eigenvalue weighted by molar-refractivity contribution is 5.78. The first-order valence-corrected chi connectivity index (χ1v) is 7.63. The second-order valence-electron chi connectivity index (χ2n) is 5.51. The molecule has 1 aliphatic carbocycles. The third-order valence-corrected chi connectivity index (χ3v) is 4.24. The van der Waals surface area contributed by atoms with Crippen molar-refractivity contribution in [3.63, 3.8) is 0 Å². The summed E-state index contributed by atoms with van der Waals surface area (Å²) in [6.07, 6.45) is 6.64. The Kier molecular flexibility index (Phi) is 5.00. The number of hydrogen-bond acceptors (Lipinski definition) is 1. The van der Waals surface area contributed by atoms with Crippen LogP contribution in [0.15, 0.2) is 18.2 Å². The molecule has 0 heterocycles. The van der Waals surface area contributed by atoms with Crippen LogP contribution in [0, 0.1) is 5.92 Å². The van der Waals surface area contributed by atoms with Crippen molar-refractivity contribution in [1.82, 2.24) is 5.32 Å². The van der Waals surface area contributed by atoms with Gasteiger partial charge in [-0.25, -0.2) is 0 Å². The molecule has 0 bridgehead atoms. The minimum Gasteiger partial charge on any atom is -0.352 e. The lowest BCUT2D eigenvalue weighted by molar-refractivity contribution is -0.124. The highest BCUT2D eigenvalue weighted by atomic mass is 16.1. The van der Waals surface area contributed by atoms with Crippen LogP contribution >= 0.6 is 0 Å². The Morgan fingerprint density at radius 1 is 1.16 bits per heavy atom. The number of amides is 1. The van der Waals surface area contributed by atoms with Gasteiger partial charge >= 0.3 is 0 Å². The minimum atomic E-state index is 0.251. The van der Waals surface area contributed by atoms with Gasteiger partial charge in [-0.2, -0.15) is 0 Å². The summed E-state index contributed by atoms with van der Waals surface area (Å²) in [4.78, 5) is 12.1. The van der Waals surface area contributed by atoms with Gasteiger partial charge in [0, 0.05) is 12.5 Å². The molecule has 0 spiro atoms. The largest absolute Gasteiger partial charge is 0.352 e. The highest BCUT2D eigenvalue weighted by Crippen LogP contribution is 2.24. The number of aryl methyl sites for hydroxylation is 2. The molecule has 1 aromatic carbocycles. The van der Waals surface area contributed by atoms with Crippen LogP contribution in [0.3, 0.4) is 0 Å². The van der Waals surface area contributed by atoms with Crippen molar-refractivity contribution in [2.75, 3.05) is 0 Å². The van der Waals surface area contributed by atoms with Crippen LogP contribution in [0.1, 0.15) is 56.2 Å². The molecule has 2 nitrogen and oxygen atoms in total. The number of carbonyl (C=O) groups is 1. The van der Waals surface area contributed by atoms with Gasteiger partial charge in [0.05, 0.1) is 0 Å². The van der Waals surface area contributed by atoms with Gasteiger partial charge in [-0.05, 0) is 42.4 Å². The van der Waals surface area contributed by atoms with Crippen LogP contribution in [0.5, 0.6) is 0 Å². The summed E-state index contributed by atoms with van der Waals surface area (Å²) in [5, 5.41) is 3.13. The minimum absolute atomic E-state index is 0.251. The Hall–Kier alpha value is -1.31. The van der Waals surface area contributed by atoms with Crippen LogP contribution in [0.2, 0.25) is 0 Å². The zero-order chi connectivity index (χ0) is 13.7. The summed E-state index contributed by atoms with van der Waals surface area (Å²) in [5.41, 5.74) is 3.99. The molecule has 19 heavy (non-hydrogen) atoms. The molecule has 1 aliphatic rings. The average molecular weight is 259 g/mol. The van der Waals surface area contributed by atoms with Crippen LogP contribution in [-0.2, 0) is 24.2 Å². The van der Waals surface area contributed by atoms with Gasteiger partial charge in [0.2, 0.25) is 5.91 Å². The Morgan fingerprint density at radius 2 is 1.89 bits per heavy atom. The monoisotopic (exact) mass is 259 g/mol. The van der Waals surface area contributed by atoms with Crippen molar-refractivity contribution in [3.05, 3.63) is 34.9 Å². The molecule has 0 aliphatic heterocycles. The molecule has 0 atom stereocenters. The maximum atomic E-state index is 12.1. The molecule has 2 rings (SSSR count). The summed E-state index contributed by atoms with van der Waals surface area (Å²) in [6.45, 7) is 5.03. The predicted octanol–water partition coefficient (Wildman–Crippen LogP) is 3.62. The van der Waals surface area contributed by atoms with E-state index in [4.69, 9.17) is 0 Å². The van der Waals surface area contributed by atoms with Crippen LogP contribution in [-0.4, -0.2) is 5.91 Å². The van der Waals surface area contributed by atoms with Crippen molar-refractivity contribution in [3.8, 4) is 0 Å².